The van der Waals surface area contributed by atoms with Crippen LogP contribution in [-0.4, -0.2) is 29.8 Å². The van der Waals surface area contributed by atoms with Gasteiger partial charge in [-0.1, -0.05) is 9.59 Å². The molecule has 0 saturated carbocycles. The number of aromatic nitrogens is 6. The quantitative estimate of drug-likeness (QED) is 0.651. The van der Waals surface area contributed by atoms with Crippen molar-refractivity contribution in [2.75, 3.05) is 5.73 Å². The summed E-state index contributed by atoms with van der Waals surface area (Å²) in [6.45, 7) is 0.468. The first-order valence-corrected chi connectivity index (χ1v) is 3.97. The molecule has 0 aromatic carbocycles. The molecule has 0 atom stereocenters. The van der Waals surface area contributed by atoms with Gasteiger partial charge in [0.1, 0.15) is 0 Å². The summed E-state index contributed by atoms with van der Waals surface area (Å²) in [5.74, 6) is 0.281. The number of nitrogen functional groups attached to an aromatic ring is 1. The first-order valence-electron chi connectivity index (χ1n) is 3.14. The summed E-state index contributed by atoms with van der Waals surface area (Å²) in [7, 11) is 0. The molecule has 2 N–H and O–H groups in total. The Kier molecular flexibility index (Phi) is 1.67. The van der Waals surface area contributed by atoms with Crippen LogP contribution in [0.25, 0.3) is 0 Å². The largest absolute Gasteiger partial charge is 0.367 e. The Morgan fingerprint density at radius 3 is 3.00 bits per heavy atom. The van der Waals surface area contributed by atoms with E-state index in [1.165, 1.54) is 16.2 Å². The molecule has 12 heavy (non-hydrogen) atoms. The molecule has 0 aliphatic rings. The third-order valence-electron chi connectivity index (χ3n) is 1.28. The SMILES string of the molecule is Nc1nnnn1Cc1csnn1. The van der Waals surface area contributed by atoms with E-state index in [1.54, 1.807) is 0 Å². The summed E-state index contributed by atoms with van der Waals surface area (Å²) >= 11 is 1.28. The molecule has 8 heteroatoms. The fraction of sp³-hybridized carbons (Fsp3) is 0.250. The highest BCUT2D eigenvalue weighted by Crippen LogP contribution is 2.01. The summed E-state index contributed by atoms with van der Waals surface area (Å²) in [6, 6.07) is 0. The molecule has 2 aromatic rings. The predicted octanol–water partition coefficient (Wildman–Crippen LogP) is -0.845. The molecule has 0 amide bonds. The minimum atomic E-state index is 0.281. The summed E-state index contributed by atoms with van der Waals surface area (Å²) in [5, 5.41) is 16.2. The van der Waals surface area contributed by atoms with Gasteiger partial charge >= 0.3 is 0 Å². The number of rotatable bonds is 2. The molecule has 0 spiro atoms. The Labute approximate surface area is 71.4 Å². The van der Waals surface area contributed by atoms with Crippen LogP contribution in [0.4, 0.5) is 5.95 Å². The molecule has 0 saturated heterocycles. The zero-order valence-corrected chi connectivity index (χ0v) is 6.77. The molecule has 0 unspecified atom stereocenters. The lowest BCUT2D eigenvalue weighted by atomic mass is 10.5. The van der Waals surface area contributed by atoms with E-state index in [1.807, 2.05) is 5.38 Å². The molecule has 2 rings (SSSR count). The second-order valence-electron chi connectivity index (χ2n) is 2.09. The lowest BCUT2D eigenvalue weighted by Crippen LogP contribution is -2.06. The fourth-order valence-corrected chi connectivity index (χ4v) is 1.17. The second-order valence-corrected chi connectivity index (χ2v) is 2.70. The maximum absolute atomic E-state index is 5.44. The molecular formula is C4H5N7S. The van der Waals surface area contributed by atoms with Crippen LogP contribution < -0.4 is 5.73 Å². The van der Waals surface area contributed by atoms with Crippen molar-refractivity contribution in [3.8, 4) is 0 Å². The van der Waals surface area contributed by atoms with Gasteiger partial charge in [-0.05, 0) is 22.0 Å². The molecule has 62 valence electrons. The van der Waals surface area contributed by atoms with Gasteiger partial charge in [-0.25, -0.2) is 4.68 Å². The van der Waals surface area contributed by atoms with Crippen LogP contribution in [0, 0.1) is 0 Å². The highest BCUT2D eigenvalue weighted by molar-refractivity contribution is 7.03. The summed E-state index contributed by atoms with van der Waals surface area (Å²) in [6.07, 6.45) is 0. The van der Waals surface area contributed by atoms with E-state index < -0.39 is 0 Å². The standard InChI is InChI=1S/C4H5N7S/c5-4-7-8-9-11(4)1-3-2-12-10-6-3/h2H,1H2,(H2,5,7,9). The Morgan fingerprint density at radius 1 is 1.50 bits per heavy atom. The molecule has 7 nitrogen and oxygen atoms in total. The first kappa shape index (κ1) is 7.10. The summed E-state index contributed by atoms with van der Waals surface area (Å²) in [4.78, 5) is 0. The number of hydrogen-bond acceptors (Lipinski definition) is 7. The topological polar surface area (TPSA) is 95.4 Å². The van der Waals surface area contributed by atoms with Crippen molar-refractivity contribution < 1.29 is 0 Å². The van der Waals surface area contributed by atoms with Gasteiger partial charge in [0.25, 0.3) is 0 Å². The van der Waals surface area contributed by atoms with Gasteiger partial charge in [-0.15, -0.1) is 5.10 Å². The predicted molar refractivity (Wildman–Crippen MR) is 41.2 cm³/mol. The van der Waals surface area contributed by atoms with Crippen LogP contribution in [0.1, 0.15) is 5.69 Å². The molecule has 0 aliphatic carbocycles. The van der Waals surface area contributed by atoms with Gasteiger partial charge < -0.3 is 5.73 Å². The van der Waals surface area contributed by atoms with Crippen LogP contribution in [0.15, 0.2) is 5.38 Å². The summed E-state index contributed by atoms with van der Waals surface area (Å²) in [5.41, 5.74) is 6.24. The highest BCUT2D eigenvalue weighted by Gasteiger charge is 2.03. The molecule has 2 heterocycles. The van der Waals surface area contributed by atoms with Crippen molar-refractivity contribution in [3.05, 3.63) is 11.1 Å². The van der Waals surface area contributed by atoms with Crippen LogP contribution in [0.5, 0.6) is 0 Å². The normalized spacial score (nSPS) is 10.3. The second kappa shape index (κ2) is 2.81. The fourth-order valence-electron chi connectivity index (χ4n) is 0.730. The lowest BCUT2D eigenvalue weighted by Gasteiger charge is -1.94. The minimum absolute atomic E-state index is 0.281. The van der Waals surface area contributed by atoms with Crippen molar-refractivity contribution >= 4 is 17.5 Å². The Hall–Kier alpha value is -1.57. The highest BCUT2D eigenvalue weighted by atomic mass is 32.1. The molecule has 0 bridgehead atoms. The summed E-state index contributed by atoms with van der Waals surface area (Å²) < 4.78 is 5.16. The first-order chi connectivity index (χ1) is 5.86. The van der Waals surface area contributed by atoms with Crippen molar-refractivity contribution in [2.45, 2.75) is 6.54 Å². The van der Waals surface area contributed by atoms with Gasteiger partial charge in [0.2, 0.25) is 5.95 Å². The van der Waals surface area contributed by atoms with E-state index in [4.69, 9.17) is 5.73 Å². The Morgan fingerprint density at radius 2 is 2.42 bits per heavy atom. The van der Waals surface area contributed by atoms with Gasteiger partial charge in [-0.2, -0.15) is 0 Å². The van der Waals surface area contributed by atoms with Crippen LogP contribution in [0.3, 0.4) is 0 Å². The average molecular weight is 183 g/mol. The monoisotopic (exact) mass is 183 g/mol. The Bertz CT molecular complexity index is 351. The number of anilines is 1. The number of nitrogens with two attached hydrogens (primary N) is 1. The number of tetrazole rings is 1. The molecule has 0 radical (unpaired) electrons. The van der Waals surface area contributed by atoms with Gasteiger partial charge in [0, 0.05) is 5.38 Å². The van der Waals surface area contributed by atoms with Crippen molar-refractivity contribution in [1.82, 2.24) is 29.8 Å². The van der Waals surface area contributed by atoms with E-state index in [0.717, 1.165) is 5.69 Å². The van der Waals surface area contributed by atoms with Crippen molar-refractivity contribution in [1.29, 1.82) is 0 Å². The Balaban J connectivity index is 2.20. The zero-order chi connectivity index (χ0) is 8.39. The molecular weight excluding hydrogens is 178 g/mol. The van der Waals surface area contributed by atoms with E-state index in [0.29, 0.717) is 6.54 Å². The van der Waals surface area contributed by atoms with Crippen LogP contribution in [0.2, 0.25) is 0 Å². The van der Waals surface area contributed by atoms with Crippen LogP contribution in [-0.2, 0) is 6.54 Å². The van der Waals surface area contributed by atoms with Gasteiger partial charge in [0.05, 0.1) is 12.2 Å². The maximum Gasteiger partial charge on any atom is 0.240 e. The maximum atomic E-state index is 5.44. The van der Waals surface area contributed by atoms with Crippen molar-refractivity contribution in [3.63, 3.8) is 0 Å². The smallest absolute Gasteiger partial charge is 0.240 e. The van der Waals surface area contributed by atoms with E-state index in [-0.39, 0.29) is 5.95 Å². The third-order valence-corrected chi connectivity index (χ3v) is 1.83. The van der Waals surface area contributed by atoms with Crippen LogP contribution >= 0.6 is 11.5 Å². The van der Waals surface area contributed by atoms with E-state index in [2.05, 4.69) is 25.1 Å². The average Bonchev–Trinajstić information content (AvgIpc) is 2.65. The van der Waals surface area contributed by atoms with Gasteiger partial charge in [-0.3, -0.25) is 0 Å². The molecule has 2 aromatic heterocycles. The molecule has 0 fully saturated rings. The number of hydrogen-bond donors (Lipinski definition) is 1. The zero-order valence-electron chi connectivity index (χ0n) is 5.95. The van der Waals surface area contributed by atoms with E-state index >= 15 is 0 Å². The number of nitrogens with zero attached hydrogens (tertiary/aromatic N) is 6. The van der Waals surface area contributed by atoms with Gasteiger partial charge in [0.15, 0.2) is 0 Å². The molecule has 0 aliphatic heterocycles. The van der Waals surface area contributed by atoms with E-state index in [9.17, 15) is 0 Å². The minimum Gasteiger partial charge on any atom is -0.367 e. The van der Waals surface area contributed by atoms with Crippen molar-refractivity contribution in [2.24, 2.45) is 0 Å². The lowest BCUT2D eigenvalue weighted by molar-refractivity contribution is 0.642. The third kappa shape index (κ3) is 1.23.